The van der Waals surface area contributed by atoms with E-state index in [4.69, 9.17) is 5.11 Å². The zero-order chi connectivity index (χ0) is 15.1. The van der Waals surface area contributed by atoms with E-state index in [9.17, 15) is 9.59 Å². The van der Waals surface area contributed by atoms with Gasteiger partial charge >= 0.3 is 5.97 Å². The number of aromatic carboxylic acids is 1. The number of carbonyl (C=O) groups is 2. The molecule has 0 aliphatic rings. The molecule has 1 aromatic carbocycles. The van der Waals surface area contributed by atoms with Crippen LogP contribution in [0.25, 0.3) is 0 Å². The first-order valence-corrected chi connectivity index (χ1v) is 6.75. The molecule has 0 aromatic heterocycles. The highest BCUT2D eigenvalue weighted by Gasteiger charge is 2.11. The molecule has 0 aliphatic heterocycles. The number of carbonyl (C=O) groups excluding carboxylic acids is 1. The Kier molecular flexibility index (Phi) is 6.18. The molecule has 0 heterocycles. The number of amides is 1. The smallest absolute Gasteiger partial charge is 0.335 e. The third-order valence-electron chi connectivity index (χ3n) is 3.00. The van der Waals surface area contributed by atoms with Crippen molar-refractivity contribution in [2.24, 2.45) is 0 Å². The topological polar surface area (TPSA) is 69.6 Å². The zero-order valence-electron chi connectivity index (χ0n) is 12.2. The van der Waals surface area contributed by atoms with Gasteiger partial charge in [-0.05, 0) is 37.2 Å². The van der Waals surface area contributed by atoms with Crippen molar-refractivity contribution in [2.45, 2.75) is 32.7 Å². The first-order valence-electron chi connectivity index (χ1n) is 6.75. The summed E-state index contributed by atoms with van der Waals surface area (Å²) in [5.41, 5.74) is 0.924. The maximum atomic E-state index is 12.0. The van der Waals surface area contributed by atoms with Crippen molar-refractivity contribution in [3.8, 4) is 0 Å². The van der Waals surface area contributed by atoms with Gasteiger partial charge in [-0.2, -0.15) is 0 Å². The molecule has 0 saturated carbocycles. The van der Waals surface area contributed by atoms with Gasteiger partial charge in [0, 0.05) is 25.2 Å². The number of carboxylic acid groups (broad SMARTS) is 1. The molecule has 0 bridgehead atoms. The fourth-order valence-corrected chi connectivity index (χ4v) is 1.77. The first kappa shape index (κ1) is 16.2. The molecule has 1 rings (SSSR count). The monoisotopic (exact) mass is 278 g/mol. The Morgan fingerprint density at radius 2 is 1.85 bits per heavy atom. The van der Waals surface area contributed by atoms with E-state index in [1.54, 1.807) is 24.1 Å². The molecule has 0 fully saturated rings. The number of hydrogen-bond donors (Lipinski definition) is 2. The average Bonchev–Trinajstić information content (AvgIpc) is 2.42. The minimum absolute atomic E-state index is 0.0265. The summed E-state index contributed by atoms with van der Waals surface area (Å²) in [5.74, 6) is -0.941. The number of nitrogens with zero attached hydrogens (tertiary/aromatic N) is 1. The Hall–Kier alpha value is -1.88. The van der Waals surface area contributed by atoms with Gasteiger partial charge < -0.3 is 15.3 Å². The highest BCUT2D eigenvalue weighted by molar-refractivity contribution is 5.94. The maximum Gasteiger partial charge on any atom is 0.335 e. The van der Waals surface area contributed by atoms with Gasteiger partial charge in [-0.3, -0.25) is 4.79 Å². The molecule has 0 spiro atoms. The summed E-state index contributed by atoms with van der Waals surface area (Å²) in [4.78, 5) is 24.3. The van der Waals surface area contributed by atoms with Gasteiger partial charge in [0.05, 0.1) is 5.56 Å². The van der Waals surface area contributed by atoms with Gasteiger partial charge in [-0.15, -0.1) is 0 Å². The molecule has 20 heavy (non-hydrogen) atoms. The van der Waals surface area contributed by atoms with Crippen LogP contribution in [0.5, 0.6) is 0 Å². The van der Waals surface area contributed by atoms with E-state index >= 15 is 0 Å². The number of anilines is 1. The minimum Gasteiger partial charge on any atom is -0.478 e. The molecular formula is C15H22N2O3. The van der Waals surface area contributed by atoms with Crippen molar-refractivity contribution in [2.75, 3.05) is 18.5 Å². The third kappa shape index (κ3) is 5.01. The summed E-state index contributed by atoms with van der Waals surface area (Å²) >= 11 is 0. The van der Waals surface area contributed by atoms with E-state index in [0.717, 1.165) is 13.0 Å². The van der Waals surface area contributed by atoms with Crippen LogP contribution in [0.3, 0.4) is 0 Å². The second-order valence-corrected chi connectivity index (χ2v) is 5.02. The van der Waals surface area contributed by atoms with Crippen molar-refractivity contribution < 1.29 is 14.7 Å². The normalized spacial score (nSPS) is 10.6. The van der Waals surface area contributed by atoms with Crippen LogP contribution in [-0.2, 0) is 4.79 Å². The summed E-state index contributed by atoms with van der Waals surface area (Å²) in [6, 6.07) is 6.72. The van der Waals surface area contributed by atoms with Crippen LogP contribution < -0.4 is 10.2 Å². The SMILES string of the molecule is CC(C)NCCCC(=O)N(C)c1ccc(C(=O)O)cc1. The summed E-state index contributed by atoms with van der Waals surface area (Å²) in [5, 5.41) is 12.1. The van der Waals surface area contributed by atoms with Gasteiger partial charge in [0.15, 0.2) is 0 Å². The first-order chi connectivity index (χ1) is 9.41. The van der Waals surface area contributed by atoms with Gasteiger partial charge in [0.2, 0.25) is 5.91 Å². The Bertz CT molecular complexity index is 455. The number of nitrogens with one attached hydrogen (secondary N) is 1. The van der Waals surface area contributed by atoms with E-state index in [-0.39, 0.29) is 11.5 Å². The van der Waals surface area contributed by atoms with E-state index in [0.29, 0.717) is 18.2 Å². The number of rotatable bonds is 7. The number of carboxylic acids is 1. The van der Waals surface area contributed by atoms with Crippen molar-refractivity contribution in [1.29, 1.82) is 0 Å². The lowest BCUT2D eigenvalue weighted by Crippen LogP contribution is -2.28. The van der Waals surface area contributed by atoms with Crippen LogP contribution in [0, 0.1) is 0 Å². The zero-order valence-corrected chi connectivity index (χ0v) is 12.2. The molecule has 0 radical (unpaired) electrons. The molecular weight excluding hydrogens is 256 g/mol. The highest BCUT2D eigenvalue weighted by atomic mass is 16.4. The van der Waals surface area contributed by atoms with E-state index in [2.05, 4.69) is 19.2 Å². The summed E-state index contributed by atoms with van der Waals surface area (Å²) in [7, 11) is 1.70. The second-order valence-electron chi connectivity index (χ2n) is 5.02. The minimum atomic E-state index is -0.967. The highest BCUT2D eigenvalue weighted by Crippen LogP contribution is 2.15. The largest absolute Gasteiger partial charge is 0.478 e. The van der Waals surface area contributed by atoms with Crippen LogP contribution in [0.4, 0.5) is 5.69 Å². The van der Waals surface area contributed by atoms with Crippen LogP contribution in [0.2, 0.25) is 0 Å². The Balaban J connectivity index is 2.49. The van der Waals surface area contributed by atoms with Crippen LogP contribution >= 0.6 is 0 Å². The molecule has 0 unspecified atom stereocenters. The van der Waals surface area contributed by atoms with Crippen LogP contribution in [-0.4, -0.2) is 36.6 Å². The van der Waals surface area contributed by atoms with Gasteiger partial charge in [0.25, 0.3) is 0 Å². The Labute approximate surface area is 119 Å². The van der Waals surface area contributed by atoms with Gasteiger partial charge in [-0.1, -0.05) is 13.8 Å². The summed E-state index contributed by atoms with van der Waals surface area (Å²) in [6.07, 6.45) is 1.26. The predicted octanol–water partition coefficient (Wildman–Crippen LogP) is 2.13. The van der Waals surface area contributed by atoms with Crippen molar-refractivity contribution >= 4 is 17.6 Å². The fraction of sp³-hybridized carbons (Fsp3) is 0.467. The van der Waals surface area contributed by atoms with E-state index < -0.39 is 5.97 Å². The molecule has 0 atom stereocenters. The van der Waals surface area contributed by atoms with Crippen molar-refractivity contribution in [1.82, 2.24) is 5.32 Å². The lowest BCUT2D eigenvalue weighted by Gasteiger charge is -2.17. The fourth-order valence-electron chi connectivity index (χ4n) is 1.77. The molecule has 1 amide bonds. The van der Waals surface area contributed by atoms with Crippen molar-refractivity contribution in [3.05, 3.63) is 29.8 Å². The molecule has 1 aromatic rings. The maximum absolute atomic E-state index is 12.0. The van der Waals surface area contributed by atoms with Crippen molar-refractivity contribution in [3.63, 3.8) is 0 Å². The molecule has 0 aliphatic carbocycles. The Morgan fingerprint density at radius 3 is 2.35 bits per heavy atom. The van der Waals surface area contributed by atoms with E-state index in [1.807, 2.05) is 0 Å². The Morgan fingerprint density at radius 1 is 1.25 bits per heavy atom. The second kappa shape index (κ2) is 7.65. The summed E-state index contributed by atoms with van der Waals surface area (Å²) in [6.45, 7) is 4.95. The predicted molar refractivity (Wildman–Crippen MR) is 79.2 cm³/mol. The quantitative estimate of drug-likeness (QED) is 0.750. The molecule has 2 N–H and O–H groups in total. The lowest BCUT2D eigenvalue weighted by molar-refractivity contribution is -0.118. The lowest BCUT2D eigenvalue weighted by atomic mass is 10.2. The standard InChI is InChI=1S/C15H22N2O3/c1-11(2)16-10-4-5-14(18)17(3)13-8-6-12(7-9-13)15(19)20/h6-9,11,16H,4-5,10H2,1-3H3,(H,19,20). The van der Waals surface area contributed by atoms with Crippen LogP contribution in [0.1, 0.15) is 37.0 Å². The van der Waals surface area contributed by atoms with Crippen LogP contribution in [0.15, 0.2) is 24.3 Å². The molecule has 5 heteroatoms. The average molecular weight is 278 g/mol. The summed E-state index contributed by atoms with van der Waals surface area (Å²) < 4.78 is 0. The molecule has 110 valence electrons. The molecule has 5 nitrogen and oxygen atoms in total. The van der Waals surface area contributed by atoms with E-state index in [1.165, 1.54) is 12.1 Å². The number of benzene rings is 1. The molecule has 0 saturated heterocycles. The van der Waals surface area contributed by atoms with Gasteiger partial charge in [0.1, 0.15) is 0 Å². The third-order valence-corrected chi connectivity index (χ3v) is 3.00. The van der Waals surface area contributed by atoms with Gasteiger partial charge in [-0.25, -0.2) is 4.79 Å². The number of hydrogen-bond acceptors (Lipinski definition) is 3.